The molecule has 1 saturated heterocycles. The Balaban J connectivity index is 1.57. The molecule has 2 aliphatic rings. The maximum Gasteiger partial charge on any atom is 0.416 e. The zero-order chi connectivity index (χ0) is 38.7. The van der Waals surface area contributed by atoms with E-state index in [0.717, 1.165) is 0 Å². The third-order valence-electron chi connectivity index (χ3n) is 9.12. The molecule has 18 heteroatoms. The monoisotopic (exact) mass is 753 g/mol. The van der Waals surface area contributed by atoms with Crippen LogP contribution in [-0.4, -0.2) is 84.1 Å². The molecule has 0 aliphatic carbocycles. The molecule has 1 unspecified atom stereocenters. The van der Waals surface area contributed by atoms with Gasteiger partial charge in [0.05, 0.1) is 66.5 Å². The predicted octanol–water partition coefficient (Wildman–Crippen LogP) is 7.47. The van der Waals surface area contributed by atoms with Gasteiger partial charge in [0, 0.05) is 44.2 Å². The Morgan fingerprint density at radius 2 is 1.57 bits per heavy atom. The number of hydrogen-bond acceptors (Lipinski definition) is 10. The molecule has 0 spiro atoms. The summed E-state index contributed by atoms with van der Waals surface area (Å²) < 4.78 is 98.8. The Hall–Kier alpha value is -5.03. The van der Waals surface area contributed by atoms with E-state index in [2.05, 4.69) is 15.3 Å². The molecule has 1 aromatic carbocycles. The van der Waals surface area contributed by atoms with Crippen LogP contribution >= 0.6 is 0 Å². The van der Waals surface area contributed by atoms with E-state index < -0.39 is 48.1 Å². The summed E-state index contributed by atoms with van der Waals surface area (Å²) in [6.45, 7) is 8.20. The van der Waals surface area contributed by atoms with Crippen LogP contribution < -0.4 is 19.9 Å². The van der Waals surface area contributed by atoms with Crippen molar-refractivity contribution < 1.29 is 50.1 Å². The fourth-order valence-corrected chi connectivity index (χ4v) is 6.64. The van der Waals surface area contributed by atoms with E-state index in [1.807, 2.05) is 18.7 Å². The summed E-state index contributed by atoms with van der Waals surface area (Å²) >= 11 is 0. The molecule has 12 nitrogen and oxygen atoms in total. The predicted molar refractivity (Wildman–Crippen MR) is 182 cm³/mol. The third kappa shape index (κ3) is 8.79. The minimum atomic E-state index is -5.04. The average molecular weight is 754 g/mol. The summed E-state index contributed by atoms with van der Waals surface area (Å²) in [6.07, 6.45) is -9.20. The van der Waals surface area contributed by atoms with Crippen LogP contribution in [0.4, 0.5) is 53.3 Å². The number of ether oxygens (including phenoxy) is 3. The number of piperazine rings is 1. The van der Waals surface area contributed by atoms with Crippen LogP contribution in [-0.2, 0) is 28.2 Å². The number of amides is 2. The second-order valence-corrected chi connectivity index (χ2v) is 12.6. The van der Waals surface area contributed by atoms with Gasteiger partial charge in [-0.1, -0.05) is 6.92 Å². The lowest BCUT2D eigenvalue weighted by Crippen LogP contribution is -2.54. The minimum Gasteiger partial charge on any atom is -0.481 e. The van der Waals surface area contributed by atoms with Gasteiger partial charge in [0.25, 0.3) is 0 Å². The van der Waals surface area contributed by atoms with Gasteiger partial charge in [0.1, 0.15) is 0 Å². The highest BCUT2D eigenvalue weighted by molar-refractivity contribution is 5.90. The van der Waals surface area contributed by atoms with Crippen molar-refractivity contribution in [2.45, 2.75) is 77.4 Å². The number of fused-ring (bicyclic) bond motifs is 1. The lowest BCUT2D eigenvalue weighted by molar-refractivity contribution is -0.143. The van der Waals surface area contributed by atoms with Gasteiger partial charge in [-0.25, -0.2) is 24.5 Å². The summed E-state index contributed by atoms with van der Waals surface area (Å²) in [5.74, 6) is 0.303. The van der Waals surface area contributed by atoms with Gasteiger partial charge in [0.15, 0.2) is 0 Å². The van der Waals surface area contributed by atoms with Crippen LogP contribution in [0.25, 0.3) is 0 Å². The SMILES string of the molecule is CCOC(=O)N1CCN(c2cnc(N[C@H]3C[C@@H](CC)N(C(=O)OCC)c4ccc(OC)nc43)nc2Cc2cc(C(F)(F)F)cc(C(F)(F)F)c2)C(C)C1. The normalized spacial score (nSPS) is 19.1. The average Bonchev–Trinajstić information content (AvgIpc) is 3.10. The van der Waals surface area contributed by atoms with Crippen molar-refractivity contribution in [2.75, 3.05) is 55.1 Å². The maximum atomic E-state index is 13.8. The standard InChI is InChI=1S/C35H41F6N7O5/c1-6-24-17-26(30-27(9-10-29(45-30)51-5)48(24)33(50)53-8-3)44-31-42-18-28(47-12-11-46(19-20(47)4)32(49)52-7-2)25(43-31)15-21-13-22(34(36,37)38)16-23(14-21)35(39,40)41/h9-10,13-14,16,18,20,24,26H,6-8,11-12,15,17,19H2,1-5H3,(H,42,43,44)/t20?,24-,26+/m1/s1. The fraction of sp³-hybridized carbons (Fsp3) is 0.514. The molecule has 0 bridgehead atoms. The zero-order valence-electron chi connectivity index (χ0n) is 29.8. The molecule has 1 fully saturated rings. The molecule has 53 heavy (non-hydrogen) atoms. The molecular formula is C35H41F6N7O5. The van der Waals surface area contributed by atoms with E-state index >= 15 is 0 Å². The quantitative estimate of drug-likeness (QED) is 0.220. The Kier molecular flexibility index (Phi) is 11.8. The fourth-order valence-electron chi connectivity index (χ4n) is 6.64. The molecule has 3 atom stereocenters. The van der Waals surface area contributed by atoms with Crippen molar-refractivity contribution in [1.29, 1.82) is 0 Å². The summed E-state index contributed by atoms with van der Waals surface area (Å²) in [7, 11) is 1.44. The molecule has 2 aliphatic heterocycles. The molecule has 2 amide bonds. The van der Waals surface area contributed by atoms with Gasteiger partial charge < -0.3 is 29.3 Å². The van der Waals surface area contributed by atoms with Gasteiger partial charge >= 0.3 is 24.5 Å². The van der Waals surface area contributed by atoms with Gasteiger partial charge in [-0.2, -0.15) is 26.3 Å². The molecule has 3 aromatic rings. The first-order valence-corrected chi connectivity index (χ1v) is 17.2. The van der Waals surface area contributed by atoms with Crippen LogP contribution in [0.5, 0.6) is 5.88 Å². The highest BCUT2D eigenvalue weighted by Gasteiger charge is 2.39. The van der Waals surface area contributed by atoms with Gasteiger partial charge in [-0.15, -0.1) is 0 Å². The summed E-state index contributed by atoms with van der Waals surface area (Å²) in [5.41, 5.74) is -1.73. The molecule has 0 saturated carbocycles. The van der Waals surface area contributed by atoms with Crippen LogP contribution in [0.15, 0.2) is 36.5 Å². The maximum absolute atomic E-state index is 13.8. The van der Waals surface area contributed by atoms with Crippen LogP contribution in [0.3, 0.4) is 0 Å². The summed E-state index contributed by atoms with van der Waals surface area (Å²) in [6, 6.07) is 3.47. The number of nitrogens with one attached hydrogen (secondary N) is 1. The summed E-state index contributed by atoms with van der Waals surface area (Å²) in [4.78, 5) is 44.3. The topological polar surface area (TPSA) is 122 Å². The number of hydrogen-bond donors (Lipinski definition) is 1. The van der Waals surface area contributed by atoms with Crippen LogP contribution in [0.2, 0.25) is 0 Å². The first-order valence-electron chi connectivity index (χ1n) is 17.2. The largest absolute Gasteiger partial charge is 0.481 e. The molecule has 5 rings (SSSR count). The molecule has 0 radical (unpaired) electrons. The van der Waals surface area contributed by atoms with E-state index in [1.165, 1.54) is 23.1 Å². The Labute approximate surface area is 302 Å². The number of methoxy groups -OCH3 is 1. The van der Waals surface area contributed by atoms with Gasteiger partial charge in [-0.05, 0) is 63.4 Å². The van der Waals surface area contributed by atoms with Crippen molar-refractivity contribution in [3.8, 4) is 5.88 Å². The zero-order valence-corrected chi connectivity index (χ0v) is 29.8. The second kappa shape index (κ2) is 15.9. The second-order valence-electron chi connectivity index (χ2n) is 12.6. The summed E-state index contributed by atoms with van der Waals surface area (Å²) in [5, 5.41) is 3.25. The molecule has 288 valence electrons. The lowest BCUT2D eigenvalue weighted by Gasteiger charge is -2.41. The first kappa shape index (κ1) is 39.2. The van der Waals surface area contributed by atoms with Gasteiger partial charge in [-0.3, -0.25) is 4.90 Å². The Morgan fingerprint density at radius 3 is 2.15 bits per heavy atom. The number of alkyl halides is 6. The lowest BCUT2D eigenvalue weighted by atomic mass is 9.93. The minimum absolute atomic E-state index is 0.0320. The molecule has 4 heterocycles. The number of carbonyl (C=O) groups excluding carboxylic acids is 2. The number of carbonyl (C=O) groups is 2. The Morgan fingerprint density at radius 1 is 0.906 bits per heavy atom. The molecule has 2 aromatic heterocycles. The highest BCUT2D eigenvalue weighted by atomic mass is 19.4. The van der Waals surface area contributed by atoms with E-state index in [0.29, 0.717) is 42.0 Å². The van der Waals surface area contributed by atoms with E-state index in [9.17, 15) is 35.9 Å². The number of halogens is 6. The van der Waals surface area contributed by atoms with Crippen LogP contribution in [0, 0.1) is 0 Å². The van der Waals surface area contributed by atoms with E-state index in [4.69, 9.17) is 19.2 Å². The van der Waals surface area contributed by atoms with E-state index in [1.54, 1.807) is 26.0 Å². The number of anilines is 3. The third-order valence-corrected chi connectivity index (χ3v) is 9.12. The number of benzene rings is 1. The number of rotatable bonds is 9. The number of nitrogens with zero attached hydrogens (tertiary/aromatic N) is 6. The van der Waals surface area contributed by atoms with E-state index in [-0.39, 0.29) is 74.1 Å². The molecule has 1 N–H and O–H groups in total. The van der Waals surface area contributed by atoms with Gasteiger partial charge in [0.2, 0.25) is 11.8 Å². The number of aromatic nitrogens is 3. The smallest absolute Gasteiger partial charge is 0.416 e. The number of pyridine rings is 1. The highest BCUT2D eigenvalue weighted by Crippen LogP contribution is 2.41. The Bertz CT molecular complexity index is 1760. The van der Waals surface area contributed by atoms with Crippen molar-refractivity contribution in [2.24, 2.45) is 0 Å². The first-order chi connectivity index (χ1) is 25.1. The van der Waals surface area contributed by atoms with Crippen molar-refractivity contribution >= 4 is 29.5 Å². The van der Waals surface area contributed by atoms with Crippen molar-refractivity contribution in [3.63, 3.8) is 0 Å². The van der Waals surface area contributed by atoms with Crippen molar-refractivity contribution in [1.82, 2.24) is 19.9 Å². The van der Waals surface area contributed by atoms with Crippen LogP contribution in [0.1, 0.15) is 74.7 Å². The molecular weight excluding hydrogens is 712 g/mol. The van der Waals surface area contributed by atoms with Crippen molar-refractivity contribution in [3.05, 3.63) is 64.6 Å².